The van der Waals surface area contributed by atoms with E-state index in [2.05, 4.69) is 0 Å². The Hall–Kier alpha value is -2.17. The summed E-state index contributed by atoms with van der Waals surface area (Å²) >= 11 is 0. The van der Waals surface area contributed by atoms with E-state index in [1.54, 1.807) is 18.2 Å². The normalized spacial score (nSPS) is 27.0. The van der Waals surface area contributed by atoms with Crippen LogP contribution < -0.4 is 11.5 Å². The highest BCUT2D eigenvalue weighted by Gasteiger charge is 2.39. The number of nitrogens with two attached hydrogens (primary N) is 2. The second-order valence-electron chi connectivity index (χ2n) is 9.82. The first-order valence-corrected chi connectivity index (χ1v) is 13.3. The summed E-state index contributed by atoms with van der Waals surface area (Å²) in [6.07, 6.45) is 2.34. The highest BCUT2D eigenvalue weighted by atomic mass is 32.2. The van der Waals surface area contributed by atoms with Crippen molar-refractivity contribution in [1.82, 2.24) is 0 Å². The van der Waals surface area contributed by atoms with Crippen LogP contribution in [0.15, 0.2) is 28.0 Å². The number of benzene rings is 2. The van der Waals surface area contributed by atoms with E-state index < -0.39 is 9.84 Å². The molecule has 0 spiro atoms. The Balaban J connectivity index is 1.60. The van der Waals surface area contributed by atoms with Gasteiger partial charge in [-0.1, -0.05) is 0 Å². The van der Waals surface area contributed by atoms with Crippen LogP contribution in [0.3, 0.4) is 0 Å². The third-order valence-corrected chi connectivity index (χ3v) is 8.99. The van der Waals surface area contributed by atoms with Gasteiger partial charge in [0.1, 0.15) is 0 Å². The van der Waals surface area contributed by atoms with Crippen molar-refractivity contribution in [2.75, 3.05) is 37.9 Å². The molecule has 8 nitrogen and oxygen atoms in total. The van der Waals surface area contributed by atoms with E-state index >= 15 is 0 Å². The monoisotopic (exact) mass is 486 g/mol. The summed E-state index contributed by atoms with van der Waals surface area (Å²) in [7, 11) is -3.87. The van der Waals surface area contributed by atoms with E-state index in [1.165, 1.54) is 0 Å². The minimum atomic E-state index is -3.87. The van der Waals surface area contributed by atoms with Crippen LogP contribution >= 0.6 is 0 Å². The zero-order valence-corrected chi connectivity index (χ0v) is 20.0. The Morgan fingerprint density at radius 3 is 1.56 bits per heavy atom. The van der Waals surface area contributed by atoms with Crippen molar-refractivity contribution < 1.29 is 27.4 Å². The summed E-state index contributed by atoms with van der Waals surface area (Å²) in [6.45, 7) is 4.39. The Bertz CT molecular complexity index is 1190. The van der Waals surface area contributed by atoms with Gasteiger partial charge in [0.25, 0.3) is 0 Å². The number of anilines is 2. The van der Waals surface area contributed by atoms with Crippen molar-refractivity contribution in [3.63, 3.8) is 0 Å². The summed E-state index contributed by atoms with van der Waals surface area (Å²) in [5.74, 6) is 0. The van der Waals surface area contributed by atoms with Gasteiger partial charge in [0, 0.05) is 37.1 Å². The number of hydrogen-bond acceptors (Lipinski definition) is 8. The molecule has 4 saturated heterocycles. The number of nitrogen functional groups attached to an aromatic ring is 2. The summed E-state index contributed by atoms with van der Waals surface area (Å²) in [4.78, 5) is 0.602. The molecule has 0 aromatic heterocycles. The summed E-state index contributed by atoms with van der Waals surface area (Å²) in [6, 6.07) is 4.91. The molecule has 34 heavy (non-hydrogen) atoms. The van der Waals surface area contributed by atoms with E-state index in [1.807, 2.05) is 6.92 Å². The number of hydrogen-bond donors (Lipinski definition) is 2. The summed E-state index contributed by atoms with van der Waals surface area (Å²) in [5, 5.41) is 0. The first-order chi connectivity index (χ1) is 16.3. The van der Waals surface area contributed by atoms with Crippen molar-refractivity contribution in [3.8, 4) is 0 Å². The fourth-order valence-corrected chi connectivity index (χ4v) is 6.65. The molecule has 2 aromatic carbocycles. The van der Waals surface area contributed by atoms with E-state index in [-0.39, 0.29) is 29.3 Å². The largest absolute Gasteiger partial charge is 0.399 e. The predicted molar refractivity (Wildman–Crippen MR) is 126 cm³/mol. The first kappa shape index (κ1) is 22.3. The molecule has 0 radical (unpaired) electrons. The zero-order valence-electron chi connectivity index (χ0n) is 19.2. The van der Waals surface area contributed by atoms with Crippen LogP contribution in [0.5, 0.6) is 0 Å². The average molecular weight is 487 g/mol. The second kappa shape index (κ2) is 8.20. The lowest BCUT2D eigenvalue weighted by Gasteiger charge is -2.25. The number of ether oxygens (including phenoxy) is 4. The first-order valence-electron chi connectivity index (χ1n) is 11.8. The number of epoxide rings is 4. The number of sulfone groups is 1. The number of rotatable bonds is 10. The van der Waals surface area contributed by atoms with Crippen LogP contribution in [0.2, 0.25) is 0 Å². The maximum atomic E-state index is 14.3. The van der Waals surface area contributed by atoms with Crippen LogP contribution in [0.25, 0.3) is 0 Å². The van der Waals surface area contributed by atoms with Crippen LogP contribution in [-0.4, -0.2) is 59.3 Å². The molecule has 0 amide bonds. The average Bonchev–Trinajstić information content (AvgIpc) is 3.59. The van der Waals surface area contributed by atoms with Gasteiger partial charge in [0.15, 0.2) is 0 Å². The van der Waals surface area contributed by atoms with Crippen LogP contribution in [-0.2, 0) is 54.5 Å². The molecule has 4 N–H and O–H groups in total. The lowest BCUT2D eigenvalue weighted by molar-refractivity contribution is 0.396. The SMILES string of the molecule is Cc1cc(S(=O)(=O)c2c(CC3CO3)c(CC3CO3)c(N)c(CC3CO3)c2CC2CO2)ccc1N. The molecule has 182 valence electrons. The van der Waals surface area contributed by atoms with Crippen LogP contribution in [0.1, 0.15) is 27.8 Å². The molecule has 4 atom stereocenters. The maximum Gasteiger partial charge on any atom is 0.207 e. The molecule has 0 bridgehead atoms. The Morgan fingerprint density at radius 1 is 0.765 bits per heavy atom. The van der Waals surface area contributed by atoms with E-state index in [0.717, 1.165) is 27.8 Å². The van der Waals surface area contributed by atoms with Crippen molar-refractivity contribution in [1.29, 1.82) is 0 Å². The third kappa shape index (κ3) is 4.43. The zero-order chi connectivity index (χ0) is 23.6. The van der Waals surface area contributed by atoms with Gasteiger partial charge in [-0.3, -0.25) is 0 Å². The van der Waals surface area contributed by atoms with Crippen molar-refractivity contribution >= 4 is 21.2 Å². The quantitative estimate of drug-likeness (QED) is 0.383. The Morgan fingerprint density at radius 2 is 1.18 bits per heavy atom. The smallest absolute Gasteiger partial charge is 0.207 e. The van der Waals surface area contributed by atoms with Gasteiger partial charge in [-0.05, 0) is 52.9 Å². The fourth-order valence-electron chi connectivity index (χ4n) is 4.77. The Labute approximate surface area is 199 Å². The molecular formula is C25H30N2O6S. The minimum Gasteiger partial charge on any atom is -0.399 e. The van der Waals surface area contributed by atoms with Gasteiger partial charge < -0.3 is 30.4 Å². The van der Waals surface area contributed by atoms with E-state index in [4.69, 9.17) is 30.4 Å². The van der Waals surface area contributed by atoms with Gasteiger partial charge in [-0.15, -0.1) is 0 Å². The van der Waals surface area contributed by atoms with Crippen molar-refractivity contribution in [2.45, 2.75) is 66.8 Å². The van der Waals surface area contributed by atoms with Crippen molar-refractivity contribution in [3.05, 3.63) is 46.0 Å². The van der Waals surface area contributed by atoms with Crippen molar-refractivity contribution in [2.24, 2.45) is 0 Å². The molecule has 6 rings (SSSR count). The predicted octanol–water partition coefficient (Wildman–Crippen LogP) is 1.76. The van der Waals surface area contributed by atoms with Gasteiger partial charge in [0.05, 0.1) is 60.6 Å². The lowest BCUT2D eigenvalue weighted by atomic mass is 9.87. The Kier molecular flexibility index (Phi) is 5.38. The highest BCUT2D eigenvalue weighted by Crippen LogP contribution is 2.42. The van der Waals surface area contributed by atoms with Gasteiger partial charge >= 0.3 is 0 Å². The fraction of sp³-hybridized carbons (Fsp3) is 0.520. The molecule has 0 aliphatic carbocycles. The molecule has 4 unspecified atom stereocenters. The summed E-state index contributed by atoms with van der Waals surface area (Å²) in [5.41, 5.74) is 18.1. The molecule has 4 aliphatic rings. The summed E-state index contributed by atoms with van der Waals surface area (Å²) < 4.78 is 50.8. The molecule has 2 aromatic rings. The molecular weight excluding hydrogens is 456 g/mol. The standard InChI is InChI=1S/C25H30N2O6S/c1-13-4-18(2-3-23(13)26)34(28,29)25-21(7-16-11-32-16)19(5-14-9-30-14)24(27)20(6-15-10-31-15)22(25)8-17-12-33-17/h2-4,14-17H,5-12,26-27H2,1H3. The van der Waals surface area contributed by atoms with Gasteiger partial charge in [-0.25, -0.2) is 8.42 Å². The highest BCUT2D eigenvalue weighted by molar-refractivity contribution is 7.91. The van der Waals surface area contributed by atoms with Gasteiger partial charge in [0.2, 0.25) is 9.84 Å². The lowest BCUT2D eigenvalue weighted by Crippen LogP contribution is -2.21. The molecule has 9 heteroatoms. The van der Waals surface area contributed by atoms with E-state index in [9.17, 15) is 8.42 Å². The van der Waals surface area contributed by atoms with Gasteiger partial charge in [-0.2, -0.15) is 0 Å². The maximum absolute atomic E-state index is 14.3. The molecule has 4 fully saturated rings. The second-order valence-corrected chi connectivity index (χ2v) is 11.7. The van der Waals surface area contributed by atoms with E-state index in [0.29, 0.717) is 68.4 Å². The van der Waals surface area contributed by atoms with Crippen LogP contribution in [0, 0.1) is 6.92 Å². The molecule has 0 saturated carbocycles. The number of aryl methyl sites for hydroxylation is 1. The molecule has 4 heterocycles. The topological polar surface area (TPSA) is 136 Å². The van der Waals surface area contributed by atoms with Crippen LogP contribution in [0.4, 0.5) is 11.4 Å². The third-order valence-electron chi connectivity index (χ3n) is 7.08. The molecule has 4 aliphatic heterocycles. The minimum absolute atomic E-state index is 0.00279.